The first-order valence-corrected chi connectivity index (χ1v) is 6.48. The fourth-order valence-corrected chi connectivity index (χ4v) is 2.54. The number of likely N-dealkylation sites (N-methyl/N-ethyl adjacent to an activating group) is 1. The molecule has 0 spiro atoms. The van der Waals surface area contributed by atoms with E-state index in [1.54, 1.807) is 6.20 Å². The number of esters is 1. The second-order valence-electron chi connectivity index (χ2n) is 4.77. The zero-order chi connectivity index (χ0) is 13.0. The first-order valence-electron chi connectivity index (χ1n) is 6.48. The van der Waals surface area contributed by atoms with Gasteiger partial charge in [-0.3, -0.25) is 9.78 Å². The molecule has 2 rings (SSSR count). The number of hydrogen-bond acceptors (Lipinski definition) is 4. The first-order chi connectivity index (χ1) is 8.72. The zero-order valence-corrected chi connectivity index (χ0v) is 11.0. The molecule has 0 aromatic carbocycles. The Morgan fingerprint density at radius 3 is 3.06 bits per heavy atom. The molecule has 1 saturated heterocycles. The Labute approximate surface area is 108 Å². The predicted molar refractivity (Wildman–Crippen MR) is 69.2 cm³/mol. The van der Waals surface area contributed by atoms with Crippen LogP contribution in [0.3, 0.4) is 0 Å². The normalized spacial score (nSPS) is 24.8. The van der Waals surface area contributed by atoms with Gasteiger partial charge in [0.15, 0.2) is 0 Å². The number of rotatable bonds is 3. The molecule has 18 heavy (non-hydrogen) atoms. The molecule has 4 heteroatoms. The van der Waals surface area contributed by atoms with Gasteiger partial charge in [-0.2, -0.15) is 0 Å². The van der Waals surface area contributed by atoms with E-state index >= 15 is 0 Å². The molecular formula is C14H20N2O2. The SMILES string of the molecule is CCOC(=O)[C@@H]1CCN(C)C[C@H]1c1ccccn1. The number of ether oxygens (including phenoxy) is 1. The monoisotopic (exact) mass is 248 g/mol. The number of hydrogen-bond donors (Lipinski definition) is 0. The van der Waals surface area contributed by atoms with Crippen LogP contribution in [0.4, 0.5) is 0 Å². The molecule has 2 atom stereocenters. The molecule has 1 aromatic heterocycles. The lowest BCUT2D eigenvalue weighted by molar-refractivity contribution is -0.150. The minimum absolute atomic E-state index is 0.0592. The van der Waals surface area contributed by atoms with E-state index in [1.165, 1.54) is 0 Å². The van der Waals surface area contributed by atoms with Crippen molar-refractivity contribution in [3.8, 4) is 0 Å². The van der Waals surface area contributed by atoms with E-state index in [0.717, 1.165) is 25.2 Å². The molecule has 0 N–H and O–H groups in total. The predicted octanol–water partition coefficient (Wildman–Crippen LogP) is 1.68. The third-order valence-corrected chi connectivity index (χ3v) is 3.47. The van der Waals surface area contributed by atoms with Gasteiger partial charge in [0.25, 0.3) is 0 Å². The van der Waals surface area contributed by atoms with Gasteiger partial charge in [-0.1, -0.05) is 6.07 Å². The molecule has 0 amide bonds. The van der Waals surface area contributed by atoms with Crippen molar-refractivity contribution in [3.63, 3.8) is 0 Å². The zero-order valence-electron chi connectivity index (χ0n) is 11.0. The van der Waals surface area contributed by atoms with Crippen LogP contribution in [0, 0.1) is 5.92 Å². The van der Waals surface area contributed by atoms with Crippen molar-refractivity contribution in [2.24, 2.45) is 5.92 Å². The Bertz CT molecular complexity index is 394. The van der Waals surface area contributed by atoms with E-state index < -0.39 is 0 Å². The van der Waals surface area contributed by atoms with Crippen molar-refractivity contribution in [1.29, 1.82) is 0 Å². The van der Waals surface area contributed by atoms with Gasteiger partial charge in [-0.05, 0) is 39.1 Å². The summed E-state index contributed by atoms with van der Waals surface area (Å²) < 4.78 is 5.18. The second kappa shape index (κ2) is 5.96. The third kappa shape index (κ3) is 2.88. The summed E-state index contributed by atoms with van der Waals surface area (Å²) in [5.41, 5.74) is 0.988. The Morgan fingerprint density at radius 2 is 2.39 bits per heavy atom. The molecule has 0 bridgehead atoms. The molecule has 0 radical (unpaired) electrons. The van der Waals surface area contributed by atoms with Crippen molar-refractivity contribution in [1.82, 2.24) is 9.88 Å². The Kier molecular flexibility index (Phi) is 4.31. The maximum Gasteiger partial charge on any atom is 0.309 e. The van der Waals surface area contributed by atoms with Crippen molar-refractivity contribution in [3.05, 3.63) is 30.1 Å². The summed E-state index contributed by atoms with van der Waals surface area (Å²) in [6, 6.07) is 5.87. The number of piperidine rings is 1. The lowest BCUT2D eigenvalue weighted by atomic mass is 9.83. The fraction of sp³-hybridized carbons (Fsp3) is 0.571. The van der Waals surface area contributed by atoms with Crippen molar-refractivity contribution in [2.75, 3.05) is 26.7 Å². The highest BCUT2D eigenvalue weighted by atomic mass is 16.5. The Balaban J connectivity index is 2.19. The molecule has 1 aliphatic rings. The van der Waals surface area contributed by atoms with Crippen molar-refractivity contribution < 1.29 is 9.53 Å². The Morgan fingerprint density at radius 1 is 1.56 bits per heavy atom. The summed E-state index contributed by atoms with van der Waals surface area (Å²) in [7, 11) is 2.08. The quantitative estimate of drug-likeness (QED) is 0.763. The number of nitrogens with zero attached hydrogens (tertiary/aromatic N) is 2. The van der Waals surface area contributed by atoms with Crippen LogP contribution in [0.15, 0.2) is 24.4 Å². The van der Waals surface area contributed by atoms with Gasteiger partial charge in [-0.25, -0.2) is 0 Å². The van der Waals surface area contributed by atoms with E-state index in [2.05, 4.69) is 16.9 Å². The van der Waals surface area contributed by atoms with Crippen LogP contribution in [-0.4, -0.2) is 42.6 Å². The Hall–Kier alpha value is -1.42. The molecular weight excluding hydrogens is 228 g/mol. The van der Waals surface area contributed by atoms with Gasteiger partial charge in [0.05, 0.1) is 12.5 Å². The summed E-state index contributed by atoms with van der Waals surface area (Å²) in [6.07, 6.45) is 2.63. The summed E-state index contributed by atoms with van der Waals surface area (Å²) >= 11 is 0. The summed E-state index contributed by atoms with van der Waals surface area (Å²) in [6.45, 7) is 4.09. The molecule has 1 fully saturated rings. The van der Waals surface area contributed by atoms with E-state index in [4.69, 9.17) is 4.74 Å². The van der Waals surface area contributed by atoms with Crippen LogP contribution >= 0.6 is 0 Å². The van der Waals surface area contributed by atoms with E-state index in [9.17, 15) is 4.79 Å². The van der Waals surface area contributed by atoms with Gasteiger partial charge >= 0.3 is 5.97 Å². The van der Waals surface area contributed by atoms with Gasteiger partial charge in [0.2, 0.25) is 0 Å². The standard InChI is InChI=1S/C14H20N2O2/c1-3-18-14(17)11-7-9-16(2)10-12(11)13-6-4-5-8-15-13/h4-6,8,11-12H,3,7,9-10H2,1-2H3/t11-,12-/m1/s1. The van der Waals surface area contributed by atoms with Crippen LogP contribution in [0.25, 0.3) is 0 Å². The van der Waals surface area contributed by atoms with Crippen molar-refractivity contribution >= 4 is 5.97 Å². The van der Waals surface area contributed by atoms with Gasteiger partial charge in [-0.15, -0.1) is 0 Å². The van der Waals surface area contributed by atoms with Crippen LogP contribution in [0.5, 0.6) is 0 Å². The van der Waals surface area contributed by atoms with Gasteiger partial charge in [0.1, 0.15) is 0 Å². The highest BCUT2D eigenvalue weighted by Crippen LogP contribution is 2.31. The highest BCUT2D eigenvalue weighted by Gasteiger charge is 2.35. The smallest absolute Gasteiger partial charge is 0.309 e. The fourth-order valence-electron chi connectivity index (χ4n) is 2.54. The highest BCUT2D eigenvalue weighted by molar-refractivity contribution is 5.73. The van der Waals surface area contributed by atoms with Crippen LogP contribution in [-0.2, 0) is 9.53 Å². The molecule has 0 aliphatic carbocycles. The van der Waals surface area contributed by atoms with Crippen molar-refractivity contribution in [2.45, 2.75) is 19.3 Å². The summed E-state index contributed by atoms with van der Waals surface area (Å²) in [4.78, 5) is 18.7. The molecule has 4 nitrogen and oxygen atoms in total. The number of carbonyl (C=O) groups is 1. The van der Waals surface area contributed by atoms with Crippen LogP contribution in [0.2, 0.25) is 0 Å². The van der Waals surface area contributed by atoms with E-state index in [-0.39, 0.29) is 17.8 Å². The summed E-state index contributed by atoms with van der Waals surface area (Å²) in [5, 5.41) is 0. The molecule has 2 heterocycles. The topological polar surface area (TPSA) is 42.4 Å². The number of pyridine rings is 1. The lowest BCUT2D eigenvalue weighted by Crippen LogP contribution is -2.40. The molecule has 0 saturated carbocycles. The first kappa shape index (κ1) is 13.0. The van der Waals surface area contributed by atoms with Crippen LogP contribution in [0.1, 0.15) is 25.0 Å². The molecule has 98 valence electrons. The van der Waals surface area contributed by atoms with Crippen LogP contribution < -0.4 is 0 Å². The van der Waals surface area contributed by atoms with Gasteiger partial charge < -0.3 is 9.64 Å². The summed E-state index contributed by atoms with van der Waals surface area (Å²) in [5.74, 6) is 0.00121. The average Bonchev–Trinajstić information content (AvgIpc) is 2.40. The molecule has 1 aromatic rings. The maximum atomic E-state index is 12.0. The largest absolute Gasteiger partial charge is 0.466 e. The molecule has 0 unspecified atom stereocenters. The minimum atomic E-state index is -0.0822. The number of likely N-dealkylation sites (tertiary alicyclic amines) is 1. The lowest BCUT2D eigenvalue weighted by Gasteiger charge is -2.35. The van der Waals surface area contributed by atoms with Gasteiger partial charge in [0, 0.05) is 24.4 Å². The minimum Gasteiger partial charge on any atom is -0.466 e. The number of aromatic nitrogens is 1. The average molecular weight is 248 g/mol. The number of carbonyl (C=O) groups excluding carboxylic acids is 1. The van der Waals surface area contributed by atoms with E-state index in [1.807, 2.05) is 25.1 Å². The maximum absolute atomic E-state index is 12.0. The second-order valence-corrected chi connectivity index (χ2v) is 4.77. The third-order valence-electron chi connectivity index (χ3n) is 3.47. The van der Waals surface area contributed by atoms with E-state index in [0.29, 0.717) is 6.61 Å². The molecule has 1 aliphatic heterocycles.